The molecule has 0 heterocycles. The van der Waals surface area contributed by atoms with Crippen molar-refractivity contribution in [3.05, 3.63) is 0 Å². The summed E-state index contributed by atoms with van der Waals surface area (Å²) in [6.07, 6.45) is 8.41. The minimum atomic E-state index is 0.711. The molecule has 12 heavy (non-hydrogen) atoms. The third-order valence-electron chi connectivity index (χ3n) is 2.13. The molecule has 0 saturated carbocycles. The largest absolute Gasteiger partial charge is 0.0894 e. The van der Waals surface area contributed by atoms with E-state index >= 15 is 0 Å². The molecule has 1 unspecified atom stereocenters. The summed E-state index contributed by atoms with van der Waals surface area (Å²) in [6, 6.07) is 0. The minimum Gasteiger partial charge on any atom is -0.0894 e. The number of halogens is 1. The first-order valence-corrected chi connectivity index (χ1v) is 6.18. The van der Waals surface area contributed by atoms with E-state index in [1.54, 1.807) is 0 Å². The quantitative estimate of drug-likeness (QED) is 0.440. The molecule has 0 aliphatic carbocycles. The topological polar surface area (TPSA) is 0 Å². The number of rotatable bonds is 7. The Morgan fingerprint density at radius 1 is 0.833 bits per heavy atom. The Balaban J connectivity index is 2.91. The van der Waals surface area contributed by atoms with E-state index in [2.05, 4.69) is 36.7 Å². The van der Waals surface area contributed by atoms with E-state index in [-0.39, 0.29) is 0 Å². The average Bonchev–Trinajstić information content (AvgIpc) is 1.95. The monoisotopic (exact) mass is 234 g/mol. The smallest absolute Gasteiger partial charge is 0.0117 e. The normalized spacial score (nSPS) is 13.8. The molecule has 74 valence electrons. The number of alkyl halides is 1. The van der Waals surface area contributed by atoms with Crippen molar-refractivity contribution in [3.63, 3.8) is 0 Å². The Morgan fingerprint density at radius 3 is 1.75 bits per heavy atom. The molecule has 1 heteroatoms. The summed E-state index contributed by atoms with van der Waals surface area (Å²) < 4.78 is 0. The van der Waals surface area contributed by atoms with Crippen molar-refractivity contribution < 1.29 is 0 Å². The fourth-order valence-corrected chi connectivity index (χ4v) is 1.66. The van der Waals surface area contributed by atoms with Crippen LogP contribution in [-0.2, 0) is 0 Å². The van der Waals surface area contributed by atoms with Gasteiger partial charge in [-0.05, 0) is 12.3 Å². The van der Waals surface area contributed by atoms with Crippen LogP contribution in [0.3, 0.4) is 0 Å². The lowest BCUT2D eigenvalue weighted by Crippen LogP contribution is -1.90. The summed E-state index contributed by atoms with van der Waals surface area (Å²) >= 11 is 3.57. The summed E-state index contributed by atoms with van der Waals surface area (Å²) in [7, 11) is 0. The van der Waals surface area contributed by atoms with Crippen molar-refractivity contribution in [1.82, 2.24) is 0 Å². The SMILES string of the molecule is CC(C)CCCCCCC(C)Br. The fraction of sp³-hybridized carbons (Fsp3) is 1.00. The van der Waals surface area contributed by atoms with Crippen molar-refractivity contribution in [2.24, 2.45) is 5.92 Å². The maximum absolute atomic E-state index is 3.57. The van der Waals surface area contributed by atoms with Crippen LogP contribution in [0.2, 0.25) is 0 Å². The highest BCUT2D eigenvalue weighted by Crippen LogP contribution is 2.13. The molecule has 0 aromatic rings. The molecular formula is C11H23Br. The zero-order chi connectivity index (χ0) is 9.40. The maximum Gasteiger partial charge on any atom is 0.0117 e. The predicted molar refractivity (Wildman–Crippen MR) is 60.9 cm³/mol. The molecule has 0 nitrogen and oxygen atoms in total. The van der Waals surface area contributed by atoms with Gasteiger partial charge in [-0.25, -0.2) is 0 Å². The summed E-state index contributed by atoms with van der Waals surface area (Å²) in [5.41, 5.74) is 0. The van der Waals surface area contributed by atoms with E-state index < -0.39 is 0 Å². The third kappa shape index (κ3) is 10.5. The van der Waals surface area contributed by atoms with Crippen LogP contribution in [0.5, 0.6) is 0 Å². The molecule has 0 amide bonds. The van der Waals surface area contributed by atoms with E-state index in [0.717, 1.165) is 5.92 Å². The van der Waals surface area contributed by atoms with Crippen LogP contribution in [0.25, 0.3) is 0 Å². The lowest BCUT2D eigenvalue weighted by atomic mass is 10.0. The second-order valence-corrected chi connectivity index (χ2v) is 5.73. The summed E-state index contributed by atoms with van der Waals surface area (Å²) in [5.74, 6) is 0.889. The van der Waals surface area contributed by atoms with Gasteiger partial charge in [-0.3, -0.25) is 0 Å². The van der Waals surface area contributed by atoms with Crippen molar-refractivity contribution >= 4 is 15.9 Å². The van der Waals surface area contributed by atoms with Gasteiger partial charge in [0.2, 0.25) is 0 Å². The standard InChI is InChI=1S/C11H23Br/c1-10(2)8-6-4-5-7-9-11(3)12/h10-11H,4-9H2,1-3H3. The van der Waals surface area contributed by atoms with Crippen LogP contribution in [0.15, 0.2) is 0 Å². The Hall–Kier alpha value is 0.480. The van der Waals surface area contributed by atoms with Crippen molar-refractivity contribution in [3.8, 4) is 0 Å². The molecule has 1 atom stereocenters. The van der Waals surface area contributed by atoms with Gasteiger partial charge in [0.1, 0.15) is 0 Å². The molecule has 0 aromatic carbocycles. The van der Waals surface area contributed by atoms with Gasteiger partial charge in [0.05, 0.1) is 0 Å². The first kappa shape index (κ1) is 12.5. The molecule has 0 bridgehead atoms. The van der Waals surface area contributed by atoms with Crippen LogP contribution >= 0.6 is 15.9 Å². The predicted octanol–water partition coefficient (Wildman–Crippen LogP) is 4.77. The Labute approximate surface area is 86.3 Å². The van der Waals surface area contributed by atoms with E-state index in [0.29, 0.717) is 4.83 Å². The van der Waals surface area contributed by atoms with Crippen molar-refractivity contribution in [1.29, 1.82) is 0 Å². The molecule has 0 rings (SSSR count). The second-order valence-electron chi connectivity index (χ2n) is 4.17. The van der Waals surface area contributed by atoms with Gasteiger partial charge in [-0.15, -0.1) is 0 Å². The molecule has 0 radical (unpaired) electrons. The first-order chi connectivity index (χ1) is 5.63. The number of hydrogen-bond acceptors (Lipinski definition) is 0. The van der Waals surface area contributed by atoms with Crippen LogP contribution in [0.4, 0.5) is 0 Å². The Kier molecular flexibility index (Phi) is 8.42. The summed E-state index contributed by atoms with van der Waals surface area (Å²) in [6.45, 7) is 6.84. The molecule has 0 aromatic heterocycles. The zero-order valence-electron chi connectivity index (χ0n) is 8.78. The van der Waals surface area contributed by atoms with E-state index in [4.69, 9.17) is 0 Å². The van der Waals surface area contributed by atoms with Crippen molar-refractivity contribution in [2.75, 3.05) is 0 Å². The minimum absolute atomic E-state index is 0.711. The highest BCUT2D eigenvalue weighted by molar-refractivity contribution is 9.09. The first-order valence-electron chi connectivity index (χ1n) is 5.27. The zero-order valence-corrected chi connectivity index (χ0v) is 10.4. The lowest BCUT2D eigenvalue weighted by Gasteiger charge is -2.04. The van der Waals surface area contributed by atoms with Crippen LogP contribution < -0.4 is 0 Å². The summed E-state index contributed by atoms with van der Waals surface area (Å²) in [4.78, 5) is 0.711. The van der Waals surface area contributed by atoms with Gasteiger partial charge < -0.3 is 0 Å². The van der Waals surface area contributed by atoms with Crippen LogP contribution in [0.1, 0.15) is 59.3 Å². The van der Waals surface area contributed by atoms with Crippen molar-refractivity contribution in [2.45, 2.75) is 64.1 Å². The van der Waals surface area contributed by atoms with Gasteiger partial charge in [0, 0.05) is 4.83 Å². The van der Waals surface area contributed by atoms with E-state index in [1.807, 2.05) is 0 Å². The van der Waals surface area contributed by atoms with E-state index in [1.165, 1.54) is 38.5 Å². The van der Waals surface area contributed by atoms with Crippen LogP contribution in [-0.4, -0.2) is 4.83 Å². The van der Waals surface area contributed by atoms with Gasteiger partial charge in [0.25, 0.3) is 0 Å². The highest BCUT2D eigenvalue weighted by atomic mass is 79.9. The molecule has 0 fully saturated rings. The van der Waals surface area contributed by atoms with Gasteiger partial charge in [0.15, 0.2) is 0 Å². The Bertz CT molecular complexity index is 75.0. The van der Waals surface area contributed by atoms with E-state index in [9.17, 15) is 0 Å². The Morgan fingerprint density at radius 2 is 1.33 bits per heavy atom. The number of unbranched alkanes of at least 4 members (excludes halogenated alkanes) is 3. The molecule has 0 N–H and O–H groups in total. The average molecular weight is 235 g/mol. The third-order valence-corrected chi connectivity index (χ3v) is 2.59. The molecule has 0 saturated heterocycles. The second kappa shape index (κ2) is 8.10. The fourth-order valence-electron chi connectivity index (χ4n) is 1.33. The van der Waals surface area contributed by atoms with Gasteiger partial charge >= 0.3 is 0 Å². The lowest BCUT2D eigenvalue weighted by molar-refractivity contribution is 0.515. The van der Waals surface area contributed by atoms with Gasteiger partial charge in [-0.1, -0.05) is 68.8 Å². The number of hydrogen-bond donors (Lipinski definition) is 0. The summed E-state index contributed by atoms with van der Waals surface area (Å²) in [5, 5.41) is 0. The molecule has 0 aliphatic rings. The molecule has 0 spiro atoms. The van der Waals surface area contributed by atoms with Gasteiger partial charge in [-0.2, -0.15) is 0 Å². The molecule has 0 aliphatic heterocycles. The van der Waals surface area contributed by atoms with Crippen LogP contribution in [0, 0.1) is 5.92 Å². The molecular weight excluding hydrogens is 212 g/mol. The maximum atomic E-state index is 3.57. The highest BCUT2D eigenvalue weighted by Gasteiger charge is 1.96.